The molecule has 1 aromatic heterocycles. The number of aromatic nitrogens is 1. The average molecular weight is 387 g/mol. The standard InChI is InChI=1S/C19H19ClN4OS/c1-21-18(25)22-11-12-24-17(14-5-3-2-4-6-14)13-26-19(24)23-16-9-7-15(20)8-10-16/h2-10,13H,11-12H2,1H3,(H2,21,22,25). The SMILES string of the molecule is CNC(=O)NCCn1c(-c2ccccc2)csc1=Nc1ccc(Cl)cc1. The van der Waals surface area contributed by atoms with Crippen LogP contribution < -0.4 is 15.4 Å². The summed E-state index contributed by atoms with van der Waals surface area (Å²) in [6.45, 7) is 1.12. The Bertz CT molecular complexity index is 932. The van der Waals surface area contributed by atoms with Gasteiger partial charge in [-0.05, 0) is 29.8 Å². The lowest BCUT2D eigenvalue weighted by molar-refractivity contribution is 0.242. The number of halogens is 1. The fourth-order valence-corrected chi connectivity index (χ4v) is 3.55. The van der Waals surface area contributed by atoms with Crippen molar-refractivity contribution in [1.29, 1.82) is 0 Å². The maximum Gasteiger partial charge on any atom is 0.314 e. The molecule has 0 saturated heterocycles. The highest BCUT2D eigenvalue weighted by atomic mass is 35.5. The molecule has 0 aliphatic heterocycles. The number of thiazole rings is 1. The second-order valence-corrected chi connectivity index (χ2v) is 6.79. The Hall–Kier alpha value is -2.57. The predicted octanol–water partition coefficient (Wildman–Crippen LogP) is 4.03. The van der Waals surface area contributed by atoms with Crippen molar-refractivity contribution in [2.45, 2.75) is 6.54 Å². The zero-order valence-corrected chi connectivity index (χ0v) is 15.8. The summed E-state index contributed by atoms with van der Waals surface area (Å²) in [5.74, 6) is 0. The van der Waals surface area contributed by atoms with Crippen molar-refractivity contribution in [3.8, 4) is 11.3 Å². The van der Waals surface area contributed by atoms with Crippen LogP contribution in [0.1, 0.15) is 0 Å². The van der Waals surface area contributed by atoms with Crippen molar-refractivity contribution < 1.29 is 4.79 Å². The first-order valence-corrected chi connectivity index (χ1v) is 9.43. The summed E-state index contributed by atoms with van der Waals surface area (Å²) < 4.78 is 2.12. The smallest absolute Gasteiger partial charge is 0.314 e. The molecule has 1 heterocycles. The minimum Gasteiger partial charge on any atom is -0.341 e. The molecular formula is C19H19ClN4OS. The van der Waals surface area contributed by atoms with E-state index in [4.69, 9.17) is 16.6 Å². The van der Waals surface area contributed by atoms with Crippen LogP contribution in [0.5, 0.6) is 0 Å². The minimum atomic E-state index is -0.196. The first-order chi connectivity index (χ1) is 12.7. The number of carbonyl (C=O) groups excluding carboxylic acids is 1. The summed E-state index contributed by atoms with van der Waals surface area (Å²) in [4.78, 5) is 17.0. The topological polar surface area (TPSA) is 58.4 Å². The van der Waals surface area contributed by atoms with E-state index in [9.17, 15) is 4.79 Å². The normalized spacial score (nSPS) is 11.4. The molecular weight excluding hydrogens is 368 g/mol. The van der Waals surface area contributed by atoms with E-state index in [1.54, 1.807) is 18.4 Å². The van der Waals surface area contributed by atoms with Crippen molar-refractivity contribution in [2.75, 3.05) is 13.6 Å². The van der Waals surface area contributed by atoms with Gasteiger partial charge in [-0.2, -0.15) is 0 Å². The van der Waals surface area contributed by atoms with Gasteiger partial charge >= 0.3 is 6.03 Å². The number of hydrogen-bond donors (Lipinski definition) is 2. The fraction of sp³-hybridized carbons (Fsp3) is 0.158. The van der Waals surface area contributed by atoms with E-state index in [0.717, 1.165) is 21.7 Å². The van der Waals surface area contributed by atoms with E-state index in [1.807, 2.05) is 42.5 Å². The van der Waals surface area contributed by atoms with Gasteiger partial charge in [-0.25, -0.2) is 9.79 Å². The van der Waals surface area contributed by atoms with Gasteiger partial charge in [0, 0.05) is 30.5 Å². The van der Waals surface area contributed by atoms with Crippen LogP contribution in [0.15, 0.2) is 65.0 Å². The highest BCUT2D eigenvalue weighted by Gasteiger charge is 2.08. The van der Waals surface area contributed by atoms with Crippen LogP contribution >= 0.6 is 22.9 Å². The summed E-state index contributed by atoms with van der Waals surface area (Å²) in [5.41, 5.74) is 3.02. The molecule has 0 atom stereocenters. The van der Waals surface area contributed by atoms with E-state index in [2.05, 4.69) is 32.7 Å². The molecule has 2 N–H and O–H groups in total. The summed E-state index contributed by atoms with van der Waals surface area (Å²) in [6.07, 6.45) is 0. The number of urea groups is 1. The number of amides is 2. The van der Waals surface area contributed by atoms with Crippen molar-refractivity contribution in [2.24, 2.45) is 4.99 Å². The molecule has 0 aliphatic carbocycles. The van der Waals surface area contributed by atoms with Gasteiger partial charge in [0.15, 0.2) is 4.80 Å². The molecule has 2 aromatic carbocycles. The highest BCUT2D eigenvalue weighted by molar-refractivity contribution is 7.07. The summed E-state index contributed by atoms with van der Waals surface area (Å²) in [6, 6.07) is 17.4. The van der Waals surface area contributed by atoms with Crippen molar-refractivity contribution in [3.63, 3.8) is 0 Å². The molecule has 7 heteroatoms. The van der Waals surface area contributed by atoms with Crippen LogP contribution in [-0.2, 0) is 6.54 Å². The number of benzene rings is 2. The second-order valence-electron chi connectivity index (χ2n) is 5.52. The number of hydrogen-bond acceptors (Lipinski definition) is 3. The summed E-state index contributed by atoms with van der Waals surface area (Å²) in [5, 5.41) is 8.15. The predicted molar refractivity (Wildman–Crippen MR) is 107 cm³/mol. The number of rotatable bonds is 5. The molecule has 3 rings (SSSR count). The Labute approximate surface area is 161 Å². The molecule has 0 fully saturated rings. The van der Waals surface area contributed by atoms with Crippen LogP contribution in [0.2, 0.25) is 5.02 Å². The van der Waals surface area contributed by atoms with Gasteiger partial charge in [0.1, 0.15) is 0 Å². The molecule has 5 nitrogen and oxygen atoms in total. The number of nitrogens with zero attached hydrogens (tertiary/aromatic N) is 2. The Morgan fingerprint density at radius 3 is 2.58 bits per heavy atom. The van der Waals surface area contributed by atoms with E-state index in [-0.39, 0.29) is 6.03 Å². The van der Waals surface area contributed by atoms with E-state index in [0.29, 0.717) is 18.1 Å². The first-order valence-electron chi connectivity index (χ1n) is 8.17. The maximum atomic E-state index is 11.4. The average Bonchev–Trinajstić information content (AvgIpc) is 3.06. The van der Waals surface area contributed by atoms with Gasteiger partial charge in [0.25, 0.3) is 0 Å². The monoisotopic (exact) mass is 386 g/mol. The zero-order valence-electron chi connectivity index (χ0n) is 14.3. The Balaban J connectivity index is 1.97. The van der Waals surface area contributed by atoms with Crippen LogP contribution in [0, 0.1) is 0 Å². The zero-order chi connectivity index (χ0) is 18.4. The lowest BCUT2D eigenvalue weighted by Gasteiger charge is -2.10. The lowest BCUT2D eigenvalue weighted by atomic mass is 10.2. The lowest BCUT2D eigenvalue weighted by Crippen LogP contribution is -2.35. The molecule has 0 aliphatic rings. The summed E-state index contributed by atoms with van der Waals surface area (Å²) >= 11 is 7.52. The van der Waals surface area contributed by atoms with Crippen LogP contribution in [-0.4, -0.2) is 24.2 Å². The molecule has 0 radical (unpaired) electrons. The minimum absolute atomic E-state index is 0.196. The third-order valence-corrected chi connectivity index (χ3v) is 4.88. The maximum absolute atomic E-state index is 11.4. The molecule has 0 unspecified atom stereocenters. The van der Waals surface area contributed by atoms with Gasteiger partial charge in [-0.1, -0.05) is 41.9 Å². The molecule has 0 saturated carbocycles. The quantitative estimate of drug-likeness (QED) is 0.683. The van der Waals surface area contributed by atoms with Gasteiger partial charge < -0.3 is 15.2 Å². The number of nitrogens with one attached hydrogen (secondary N) is 2. The molecule has 26 heavy (non-hydrogen) atoms. The van der Waals surface area contributed by atoms with Gasteiger partial charge in [-0.15, -0.1) is 11.3 Å². The Kier molecular flexibility index (Phi) is 6.09. The second kappa shape index (κ2) is 8.69. The van der Waals surface area contributed by atoms with Gasteiger partial charge in [-0.3, -0.25) is 0 Å². The number of carbonyl (C=O) groups is 1. The Morgan fingerprint density at radius 2 is 1.88 bits per heavy atom. The summed E-state index contributed by atoms with van der Waals surface area (Å²) in [7, 11) is 1.60. The van der Waals surface area contributed by atoms with Crippen LogP contribution in [0.4, 0.5) is 10.5 Å². The first kappa shape index (κ1) is 18.2. The van der Waals surface area contributed by atoms with Gasteiger partial charge in [0.05, 0.1) is 11.4 Å². The highest BCUT2D eigenvalue weighted by Crippen LogP contribution is 2.21. The van der Waals surface area contributed by atoms with Gasteiger partial charge in [0.2, 0.25) is 0 Å². The van der Waals surface area contributed by atoms with E-state index >= 15 is 0 Å². The molecule has 0 bridgehead atoms. The molecule has 2 amide bonds. The van der Waals surface area contributed by atoms with E-state index in [1.165, 1.54) is 0 Å². The van der Waals surface area contributed by atoms with Crippen molar-refractivity contribution >= 4 is 34.7 Å². The molecule has 134 valence electrons. The van der Waals surface area contributed by atoms with Crippen molar-refractivity contribution in [3.05, 3.63) is 69.8 Å². The van der Waals surface area contributed by atoms with Crippen LogP contribution in [0.25, 0.3) is 11.3 Å². The molecule has 3 aromatic rings. The third-order valence-electron chi connectivity index (χ3n) is 3.77. The molecule has 0 spiro atoms. The van der Waals surface area contributed by atoms with Crippen LogP contribution in [0.3, 0.4) is 0 Å². The third kappa shape index (κ3) is 4.53. The van der Waals surface area contributed by atoms with Crippen molar-refractivity contribution in [1.82, 2.24) is 15.2 Å². The fourth-order valence-electron chi connectivity index (χ4n) is 2.47. The largest absolute Gasteiger partial charge is 0.341 e. The van der Waals surface area contributed by atoms with E-state index < -0.39 is 0 Å². The Morgan fingerprint density at radius 1 is 1.15 bits per heavy atom.